The predicted octanol–water partition coefficient (Wildman–Crippen LogP) is 1.97. The molecule has 0 spiro atoms. The third-order valence-corrected chi connectivity index (χ3v) is 2.33. The minimum atomic E-state index is -0.249. The molecule has 0 N–H and O–H groups in total. The summed E-state index contributed by atoms with van der Waals surface area (Å²) in [7, 11) is 3.01. The maximum atomic E-state index is 11.2. The summed E-state index contributed by atoms with van der Waals surface area (Å²) in [5.74, 6) is 0.548. The van der Waals surface area contributed by atoms with Crippen LogP contribution in [0.25, 0.3) is 0 Å². The van der Waals surface area contributed by atoms with E-state index in [1.165, 1.54) is 7.11 Å². The van der Waals surface area contributed by atoms with Crippen molar-refractivity contribution in [3.05, 3.63) is 29.3 Å². The van der Waals surface area contributed by atoms with E-state index in [-0.39, 0.29) is 12.4 Å². The van der Waals surface area contributed by atoms with E-state index < -0.39 is 0 Å². The molecule has 0 radical (unpaired) electrons. The molecule has 0 bridgehead atoms. The van der Waals surface area contributed by atoms with Gasteiger partial charge < -0.3 is 9.47 Å². The van der Waals surface area contributed by atoms with Gasteiger partial charge in [-0.3, -0.25) is 4.79 Å². The highest BCUT2D eigenvalue weighted by Gasteiger charge is 2.11. The summed E-state index contributed by atoms with van der Waals surface area (Å²) in [5.41, 5.74) is 1.99. The van der Waals surface area contributed by atoms with Gasteiger partial charge in [-0.15, -0.1) is 0 Å². The van der Waals surface area contributed by atoms with Crippen LogP contribution in [0.1, 0.15) is 18.1 Å². The van der Waals surface area contributed by atoms with Gasteiger partial charge in [-0.25, -0.2) is 0 Å². The molecule has 0 aliphatic rings. The summed E-state index contributed by atoms with van der Waals surface area (Å²) >= 11 is 0. The van der Waals surface area contributed by atoms with Crippen molar-refractivity contribution in [3.8, 4) is 5.75 Å². The number of rotatable bonds is 4. The van der Waals surface area contributed by atoms with Crippen molar-refractivity contribution >= 4 is 5.97 Å². The maximum absolute atomic E-state index is 11.2. The van der Waals surface area contributed by atoms with Crippen LogP contribution < -0.4 is 4.74 Å². The van der Waals surface area contributed by atoms with Gasteiger partial charge >= 0.3 is 5.97 Å². The van der Waals surface area contributed by atoms with Crippen LogP contribution in [0.4, 0.5) is 0 Å². The molecular weight excluding hydrogens is 192 g/mol. The molecule has 15 heavy (non-hydrogen) atoms. The molecule has 1 aromatic rings. The van der Waals surface area contributed by atoms with Crippen LogP contribution in [0.3, 0.4) is 0 Å². The lowest BCUT2D eigenvalue weighted by Crippen LogP contribution is -2.06. The number of hydrogen-bond donors (Lipinski definition) is 0. The van der Waals surface area contributed by atoms with Gasteiger partial charge in [-0.05, 0) is 12.0 Å². The highest BCUT2D eigenvalue weighted by molar-refractivity contribution is 5.73. The highest BCUT2D eigenvalue weighted by Crippen LogP contribution is 2.24. The molecule has 0 fully saturated rings. The minimum absolute atomic E-state index is 0.249. The van der Waals surface area contributed by atoms with E-state index in [9.17, 15) is 4.79 Å². The zero-order valence-corrected chi connectivity index (χ0v) is 9.37. The molecule has 0 atom stereocenters. The molecule has 1 aromatic carbocycles. The largest absolute Gasteiger partial charge is 0.496 e. The standard InChI is InChI=1S/C12H16O3/c1-4-9-6-5-7-10(12(9)15-3)8-11(13)14-2/h5-7H,4,8H2,1-3H3. The van der Waals surface area contributed by atoms with Crippen molar-refractivity contribution < 1.29 is 14.3 Å². The van der Waals surface area contributed by atoms with Gasteiger partial charge in [0.05, 0.1) is 20.6 Å². The van der Waals surface area contributed by atoms with E-state index >= 15 is 0 Å². The van der Waals surface area contributed by atoms with Crippen molar-refractivity contribution in [1.82, 2.24) is 0 Å². The van der Waals surface area contributed by atoms with Gasteiger partial charge in [-0.1, -0.05) is 25.1 Å². The van der Waals surface area contributed by atoms with E-state index in [2.05, 4.69) is 11.7 Å². The Morgan fingerprint density at radius 3 is 2.47 bits per heavy atom. The van der Waals surface area contributed by atoms with Crippen LogP contribution in [-0.4, -0.2) is 20.2 Å². The number of methoxy groups -OCH3 is 2. The average molecular weight is 208 g/mol. The van der Waals surface area contributed by atoms with Crippen molar-refractivity contribution in [2.75, 3.05) is 14.2 Å². The van der Waals surface area contributed by atoms with Gasteiger partial charge in [0.2, 0.25) is 0 Å². The monoisotopic (exact) mass is 208 g/mol. The van der Waals surface area contributed by atoms with Gasteiger partial charge in [0.1, 0.15) is 5.75 Å². The van der Waals surface area contributed by atoms with E-state index in [4.69, 9.17) is 4.74 Å². The molecule has 1 rings (SSSR count). The highest BCUT2D eigenvalue weighted by atomic mass is 16.5. The fourth-order valence-corrected chi connectivity index (χ4v) is 1.55. The predicted molar refractivity (Wildman–Crippen MR) is 58.1 cm³/mol. The molecule has 0 saturated carbocycles. The zero-order chi connectivity index (χ0) is 11.3. The zero-order valence-electron chi connectivity index (χ0n) is 9.37. The Morgan fingerprint density at radius 2 is 1.93 bits per heavy atom. The second-order valence-corrected chi connectivity index (χ2v) is 3.22. The lowest BCUT2D eigenvalue weighted by molar-refractivity contribution is -0.139. The Bertz CT molecular complexity index is 345. The second-order valence-electron chi connectivity index (χ2n) is 3.22. The average Bonchev–Trinajstić information content (AvgIpc) is 2.28. The van der Waals surface area contributed by atoms with Crippen LogP contribution in [0.15, 0.2) is 18.2 Å². The van der Waals surface area contributed by atoms with Crippen LogP contribution in [-0.2, 0) is 22.4 Å². The number of benzene rings is 1. The summed E-state index contributed by atoms with van der Waals surface area (Å²) in [6.45, 7) is 2.06. The molecular formula is C12H16O3. The van der Waals surface area contributed by atoms with Crippen molar-refractivity contribution in [1.29, 1.82) is 0 Å². The van der Waals surface area contributed by atoms with Gasteiger partial charge in [0.25, 0.3) is 0 Å². The molecule has 3 heteroatoms. The molecule has 0 amide bonds. The first-order valence-electron chi connectivity index (χ1n) is 4.94. The first-order chi connectivity index (χ1) is 7.22. The molecule has 0 aromatic heterocycles. The van der Waals surface area contributed by atoms with Crippen LogP contribution in [0.5, 0.6) is 5.75 Å². The summed E-state index contributed by atoms with van der Waals surface area (Å²) in [6.07, 6.45) is 1.14. The first kappa shape index (κ1) is 11.6. The summed E-state index contributed by atoms with van der Waals surface area (Å²) in [4.78, 5) is 11.2. The molecule has 0 unspecified atom stereocenters. The fraction of sp³-hybridized carbons (Fsp3) is 0.417. The Labute approximate surface area is 90.0 Å². The van der Waals surface area contributed by atoms with Crippen LogP contribution in [0, 0.1) is 0 Å². The summed E-state index contributed by atoms with van der Waals surface area (Å²) in [6, 6.07) is 5.81. The minimum Gasteiger partial charge on any atom is -0.496 e. The van der Waals surface area contributed by atoms with Crippen molar-refractivity contribution in [3.63, 3.8) is 0 Å². The number of carbonyl (C=O) groups excluding carboxylic acids is 1. The fourth-order valence-electron chi connectivity index (χ4n) is 1.55. The molecule has 0 saturated heterocycles. The molecule has 0 heterocycles. The lowest BCUT2D eigenvalue weighted by atomic mass is 10.0. The van der Waals surface area contributed by atoms with Gasteiger partial charge in [-0.2, -0.15) is 0 Å². The van der Waals surface area contributed by atoms with E-state index in [1.54, 1.807) is 7.11 Å². The van der Waals surface area contributed by atoms with E-state index in [1.807, 2.05) is 18.2 Å². The Morgan fingerprint density at radius 1 is 1.27 bits per heavy atom. The first-order valence-corrected chi connectivity index (χ1v) is 4.94. The number of aryl methyl sites for hydroxylation is 1. The number of hydrogen-bond acceptors (Lipinski definition) is 3. The number of esters is 1. The third kappa shape index (κ3) is 2.72. The Balaban J connectivity index is 3.00. The third-order valence-electron chi connectivity index (χ3n) is 2.33. The Hall–Kier alpha value is -1.51. The van der Waals surface area contributed by atoms with Gasteiger partial charge in [0.15, 0.2) is 0 Å². The number of carbonyl (C=O) groups is 1. The van der Waals surface area contributed by atoms with Crippen LogP contribution in [0.2, 0.25) is 0 Å². The molecule has 0 aliphatic carbocycles. The summed E-state index contributed by atoms with van der Waals surface area (Å²) < 4.78 is 9.94. The normalized spacial score (nSPS) is 9.80. The lowest BCUT2D eigenvalue weighted by Gasteiger charge is -2.11. The van der Waals surface area contributed by atoms with Crippen molar-refractivity contribution in [2.24, 2.45) is 0 Å². The van der Waals surface area contributed by atoms with E-state index in [0.717, 1.165) is 23.3 Å². The van der Waals surface area contributed by atoms with Crippen molar-refractivity contribution in [2.45, 2.75) is 19.8 Å². The topological polar surface area (TPSA) is 35.5 Å². The Kier molecular flexibility index (Phi) is 4.16. The molecule has 82 valence electrons. The second kappa shape index (κ2) is 5.39. The number of para-hydroxylation sites is 1. The van der Waals surface area contributed by atoms with Gasteiger partial charge in [0, 0.05) is 5.56 Å². The number of ether oxygens (including phenoxy) is 2. The van der Waals surface area contributed by atoms with E-state index in [0.29, 0.717) is 0 Å². The molecule has 0 aliphatic heterocycles. The quantitative estimate of drug-likeness (QED) is 0.710. The summed E-state index contributed by atoms with van der Waals surface area (Å²) in [5, 5.41) is 0. The van der Waals surface area contributed by atoms with Crippen LogP contribution >= 0.6 is 0 Å². The SMILES string of the molecule is CCc1cccc(CC(=O)OC)c1OC. The maximum Gasteiger partial charge on any atom is 0.310 e. The smallest absolute Gasteiger partial charge is 0.310 e. The molecule has 3 nitrogen and oxygen atoms in total.